The third-order valence-electron chi connectivity index (χ3n) is 9.86. The Morgan fingerprint density at radius 2 is 1.23 bits per heavy atom. The number of carbonyl (C=O) groups is 3. The van der Waals surface area contributed by atoms with E-state index in [1.54, 1.807) is 55.9 Å². The predicted octanol–water partition coefficient (Wildman–Crippen LogP) is 8.62. The van der Waals surface area contributed by atoms with E-state index < -0.39 is 29.9 Å². The van der Waals surface area contributed by atoms with Gasteiger partial charge in [-0.2, -0.15) is 0 Å². The van der Waals surface area contributed by atoms with Crippen LogP contribution in [0.5, 0.6) is 11.5 Å². The van der Waals surface area contributed by atoms with Crippen LogP contribution < -0.4 is 20.1 Å². The van der Waals surface area contributed by atoms with Gasteiger partial charge >= 0.3 is 5.97 Å². The van der Waals surface area contributed by atoms with Crippen molar-refractivity contribution in [3.05, 3.63) is 132 Å². The number of nitrogens with one attached hydrogen (secondary N) is 2. The van der Waals surface area contributed by atoms with Crippen molar-refractivity contribution < 1.29 is 29.0 Å². The molecule has 0 bridgehead atoms. The first-order chi connectivity index (χ1) is 27.4. The molecule has 57 heavy (non-hydrogen) atoms. The van der Waals surface area contributed by atoms with Crippen molar-refractivity contribution in [2.24, 2.45) is 0 Å². The van der Waals surface area contributed by atoms with E-state index in [1.165, 1.54) is 25.7 Å². The number of ether oxygens (including phenoxy) is 2. The second-order valence-corrected chi connectivity index (χ2v) is 15.3. The van der Waals surface area contributed by atoms with E-state index in [-0.39, 0.29) is 18.3 Å². The summed E-state index contributed by atoms with van der Waals surface area (Å²) in [5.74, 6) is -0.221. The molecule has 0 radical (unpaired) electrons. The molecule has 0 aliphatic rings. The summed E-state index contributed by atoms with van der Waals surface area (Å²) in [4.78, 5) is 48.9. The zero-order valence-electron chi connectivity index (χ0n) is 33.6. The highest BCUT2D eigenvalue weighted by atomic mass is 16.5. The number of carboxylic acids is 1. The number of nitrogens with zero attached hydrogens (tertiary/aromatic N) is 2. The van der Waals surface area contributed by atoms with E-state index in [2.05, 4.69) is 48.3 Å². The lowest BCUT2D eigenvalue weighted by molar-refractivity contribution is -0.142. The molecule has 10 heteroatoms. The minimum atomic E-state index is -1.23. The Labute approximate surface area is 336 Å². The van der Waals surface area contributed by atoms with Gasteiger partial charge in [0.1, 0.15) is 23.6 Å². The molecule has 10 nitrogen and oxygen atoms in total. The zero-order chi connectivity index (χ0) is 40.8. The van der Waals surface area contributed by atoms with Crippen LogP contribution in [0.25, 0.3) is 22.5 Å². The number of benzene rings is 4. The monoisotopic (exact) mass is 770 g/mol. The summed E-state index contributed by atoms with van der Waals surface area (Å²) in [5, 5.41) is 15.6. The fraction of sp³-hybridized carbons (Fsp3) is 0.340. The lowest BCUT2D eigenvalue weighted by Crippen LogP contribution is -2.53. The lowest BCUT2D eigenvalue weighted by Gasteiger charge is -2.22. The number of rotatable bonds is 19. The number of hydrogen-bond donors (Lipinski definition) is 3. The molecule has 2 amide bonds. The molecule has 0 saturated carbocycles. The van der Waals surface area contributed by atoms with Crippen molar-refractivity contribution in [2.45, 2.75) is 90.1 Å². The van der Waals surface area contributed by atoms with Crippen molar-refractivity contribution in [1.82, 2.24) is 20.6 Å². The van der Waals surface area contributed by atoms with Crippen LogP contribution in [0.4, 0.5) is 0 Å². The molecule has 298 valence electrons. The van der Waals surface area contributed by atoms with E-state index in [0.717, 1.165) is 40.0 Å². The Bertz CT molecular complexity index is 2040. The second-order valence-electron chi connectivity index (χ2n) is 15.3. The largest absolute Gasteiger partial charge is 0.497 e. The average molecular weight is 771 g/mol. The number of amides is 2. The van der Waals surface area contributed by atoms with E-state index in [1.807, 2.05) is 60.7 Å². The quantitative estimate of drug-likeness (QED) is 0.0710. The van der Waals surface area contributed by atoms with Gasteiger partial charge in [-0.25, -0.2) is 14.8 Å². The molecule has 1 heterocycles. The summed E-state index contributed by atoms with van der Waals surface area (Å²) < 4.78 is 11.1. The first-order valence-electron chi connectivity index (χ1n) is 19.7. The third-order valence-corrected chi connectivity index (χ3v) is 9.86. The summed E-state index contributed by atoms with van der Waals surface area (Å²) in [7, 11) is 1.55. The van der Waals surface area contributed by atoms with Gasteiger partial charge in [0.2, 0.25) is 5.91 Å². The molecule has 5 aromatic rings. The van der Waals surface area contributed by atoms with Gasteiger partial charge in [-0.15, -0.1) is 0 Å². The summed E-state index contributed by atoms with van der Waals surface area (Å²) in [6.07, 6.45) is 9.71. The number of hydrogen-bond acceptors (Lipinski definition) is 7. The van der Waals surface area contributed by atoms with Crippen molar-refractivity contribution in [2.75, 3.05) is 13.7 Å². The summed E-state index contributed by atoms with van der Waals surface area (Å²) in [5.41, 5.74) is 5.47. The minimum Gasteiger partial charge on any atom is -0.497 e. The first-order valence-corrected chi connectivity index (χ1v) is 19.7. The molecular formula is C47H54N4O6. The molecule has 2 atom stereocenters. The fourth-order valence-electron chi connectivity index (χ4n) is 6.33. The predicted molar refractivity (Wildman–Crippen MR) is 224 cm³/mol. The van der Waals surface area contributed by atoms with Crippen LogP contribution in [0.2, 0.25) is 0 Å². The van der Waals surface area contributed by atoms with Crippen molar-refractivity contribution >= 4 is 17.8 Å². The third kappa shape index (κ3) is 12.5. The molecule has 0 saturated heterocycles. The van der Waals surface area contributed by atoms with Crippen LogP contribution in [0.15, 0.2) is 109 Å². The Kier molecular flexibility index (Phi) is 14.9. The van der Waals surface area contributed by atoms with E-state index in [9.17, 15) is 19.5 Å². The number of carbonyl (C=O) groups excluding carboxylic acids is 2. The van der Waals surface area contributed by atoms with E-state index in [4.69, 9.17) is 9.47 Å². The van der Waals surface area contributed by atoms with Gasteiger partial charge in [0, 0.05) is 41.9 Å². The summed E-state index contributed by atoms with van der Waals surface area (Å²) in [6, 6.07) is 27.3. The van der Waals surface area contributed by atoms with Crippen molar-refractivity contribution in [3.63, 3.8) is 0 Å². The van der Waals surface area contributed by atoms with Crippen LogP contribution >= 0.6 is 0 Å². The number of aromatic nitrogens is 2. The standard InChI is InChI=1S/C47H54N4O6/c1-6-7-8-9-10-27-57-40-25-19-34(20-26-40)37-30-48-43(49-31-37)35-15-11-32(12-16-35)28-41(50-44(52)36-17-21-38(22-18-36)47(2,3)4)45(53)51-42(46(54)55)29-33-13-23-39(56-5)24-14-33/h11-26,30-31,41-42H,6-10,27-29H2,1-5H3,(H,50,52)(H,51,53)(H,54,55). The molecule has 0 spiro atoms. The van der Waals surface area contributed by atoms with Gasteiger partial charge in [0.05, 0.1) is 13.7 Å². The molecule has 0 aliphatic heterocycles. The minimum absolute atomic E-state index is 0.0481. The molecule has 3 N–H and O–H groups in total. The van der Waals surface area contributed by atoms with Crippen LogP contribution in [-0.2, 0) is 27.8 Å². The lowest BCUT2D eigenvalue weighted by atomic mass is 9.86. The maximum atomic E-state index is 13.8. The normalized spacial score (nSPS) is 12.3. The fourth-order valence-corrected chi connectivity index (χ4v) is 6.33. The first kappa shape index (κ1) is 42.1. The Hall–Kier alpha value is -6.03. The number of unbranched alkanes of at least 4 members (excludes halogenated alkanes) is 4. The number of aliphatic carboxylic acids is 1. The molecule has 5 rings (SSSR count). The Morgan fingerprint density at radius 1 is 0.667 bits per heavy atom. The Balaban J connectivity index is 1.27. The highest BCUT2D eigenvalue weighted by Gasteiger charge is 2.28. The molecular weight excluding hydrogens is 717 g/mol. The van der Waals surface area contributed by atoms with Crippen LogP contribution in [0.3, 0.4) is 0 Å². The molecule has 1 aromatic heterocycles. The van der Waals surface area contributed by atoms with Gasteiger partial charge in [-0.1, -0.05) is 114 Å². The number of methoxy groups -OCH3 is 1. The van der Waals surface area contributed by atoms with E-state index >= 15 is 0 Å². The van der Waals surface area contributed by atoms with Crippen LogP contribution in [0, 0.1) is 0 Å². The molecule has 2 unspecified atom stereocenters. The van der Waals surface area contributed by atoms with Crippen LogP contribution in [-0.4, -0.2) is 58.7 Å². The Morgan fingerprint density at radius 3 is 1.81 bits per heavy atom. The highest BCUT2D eigenvalue weighted by molar-refractivity contribution is 5.98. The van der Waals surface area contributed by atoms with Crippen LogP contribution in [0.1, 0.15) is 86.8 Å². The SMILES string of the molecule is CCCCCCCOc1ccc(-c2cnc(-c3ccc(CC(NC(=O)c4ccc(C(C)(C)C)cc4)C(=O)NC(Cc4ccc(OC)cc4)C(=O)O)cc3)nc2)cc1. The molecule has 0 fully saturated rings. The van der Waals surface area contributed by atoms with Crippen molar-refractivity contribution in [3.8, 4) is 34.0 Å². The maximum Gasteiger partial charge on any atom is 0.326 e. The van der Waals surface area contributed by atoms with Gasteiger partial charge < -0.3 is 25.2 Å². The maximum absolute atomic E-state index is 13.8. The molecule has 0 aliphatic carbocycles. The summed E-state index contributed by atoms with van der Waals surface area (Å²) >= 11 is 0. The highest BCUT2D eigenvalue weighted by Crippen LogP contribution is 2.25. The smallest absolute Gasteiger partial charge is 0.326 e. The molecule has 4 aromatic carbocycles. The summed E-state index contributed by atoms with van der Waals surface area (Å²) in [6.45, 7) is 9.19. The van der Waals surface area contributed by atoms with Crippen molar-refractivity contribution in [1.29, 1.82) is 0 Å². The van der Waals surface area contributed by atoms with Gasteiger partial charge in [-0.3, -0.25) is 9.59 Å². The van der Waals surface area contributed by atoms with Gasteiger partial charge in [0.25, 0.3) is 5.91 Å². The zero-order valence-corrected chi connectivity index (χ0v) is 33.6. The van der Waals surface area contributed by atoms with Gasteiger partial charge in [-0.05, 0) is 70.5 Å². The number of carboxylic acid groups (broad SMARTS) is 1. The van der Waals surface area contributed by atoms with Gasteiger partial charge in [0.15, 0.2) is 5.82 Å². The topological polar surface area (TPSA) is 140 Å². The average Bonchev–Trinajstić information content (AvgIpc) is 3.22. The second kappa shape index (κ2) is 20.2. The van der Waals surface area contributed by atoms with E-state index in [0.29, 0.717) is 29.3 Å².